The van der Waals surface area contributed by atoms with Crippen molar-refractivity contribution in [2.45, 2.75) is 24.8 Å². The second-order valence-corrected chi connectivity index (χ2v) is 6.34. The zero-order chi connectivity index (χ0) is 14.0. The predicted octanol–water partition coefficient (Wildman–Crippen LogP) is 1.85. The first-order chi connectivity index (χ1) is 8.98. The quantitative estimate of drug-likeness (QED) is 0.772. The molecule has 19 heavy (non-hydrogen) atoms. The Morgan fingerprint density at radius 2 is 2.16 bits per heavy atom. The van der Waals surface area contributed by atoms with E-state index < -0.39 is 0 Å². The molecule has 1 aromatic rings. The van der Waals surface area contributed by atoms with Crippen LogP contribution in [0.5, 0.6) is 0 Å². The molecule has 1 saturated carbocycles. The first kappa shape index (κ1) is 14.3. The van der Waals surface area contributed by atoms with E-state index in [2.05, 4.69) is 28.9 Å². The number of nitrogens with zero attached hydrogens (tertiary/aromatic N) is 3. The molecule has 106 valence electrons. The van der Waals surface area contributed by atoms with Crippen LogP contribution in [0.25, 0.3) is 0 Å². The molecule has 1 aliphatic carbocycles. The maximum absolute atomic E-state index is 11.4. The van der Waals surface area contributed by atoms with Gasteiger partial charge in [0.1, 0.15) is 4.88 Å². The second-order valence-electron chi connectivity index (χ2n) is 5.33. The van der Waals surface area contributed by atoms with E-state index in [4.69, 9.17) is 4.74 Å². The third-order valence-corrected chi connectivity index (χ3v) is 5.06. The Morgan fingerprint density at radius 3 is 2.63 bits per heavy atom. The molecule has 5 nitrogen and oxygen atoms in total. The summed E-state index contributed by atoms with van der Waals surface area (Å²) in [5.74, 6) is -0.317. The smallest absolute Gasteiger partial charge is 0.349 e. The first-order valence-corrected chi connectivity index (χ1v) is 7.23. The number of carbonyl (C=O) groups is 1. The van der Waals surface area contributed by atoms with E-state index in [1.807, 2.05) is 7.05 Å². The summed E-state index contributed by atoms with van der Waals surface area (Å²) >= 11 is 1.38. The van der Waals surface area contributed by atoms with Gasteiger partial charge >= 0.3 is 5.97 Å². The second kappa shape index (κ2) is 5.46. The van der Waals surface area contributed by atoms with Crippen molar-refractivity contribution in [1.29, 1.82) is 0 Å². The number of anilines is 1. The minimum Gasteiger partial charge on any atom is -0.465 e. The van der Waals surface area contributed by atoms with Crippen LogP contribution in [0.15, 0.2) is 6.20 Å². The molecular weight excluding hydrogens is 262 g/mol. The summed E-state index contributed by atoms with van der Waals surface area (Å²) in [6, 6.07) is 0. The number of ether oxygens (including phenoxy) is 1. The molecule has 6 heteroatoms. The van der Waals surface area contributed by atoms with Crippen LogP contribution < -0.4 is 4.90 Å². The predicted molar refractivity (Wildman–Crippen MR) is 77.0 cm³/mol. The number of hydrogen-bond acceptors (Lipinski definition) is 6. The van der Waals surface area contributed by atoms with Crippen LogP contribution in [0.2, 0.25) is 0 Å². The van der Waals surface area contributed by atoms with Gasteiger partial charge in [0, 0.05) is 19.1 Å². The number of rotatable bonds is 5. The topological polar surface area (TPSA) is 45.7 Å². The number of methoxy groups -OCH3 is 1. The summed E-state index contributed by atoms with van der Waals surface area (Å²) in [6.07, 6.45) is 5.32. The van der Waals surface area contributed by atoms with Crippen molar-refractivity contribution < 1.29 is 9.53 Å². The molecule has 0 amide bonds. The molecule has 0 saturated heterocycles. The van der Waals surface area contributed by atoms with Gasteiger partial charge in [0.15, 0.2) is 5.13 Å². The fourth-order valence-corrected chi connectivity index (χ4v) is 3.27. The lowest BCUT2D eigenvalue weighted by molar-refractivity contribution is 0.0606. The lowest BCUT2D eigenvalue weighted by Crippen LogP contribution is -2.56. The van der Waals surface area contributed by atoms with Gasteiger partial charge in [-0.25, -0.2) is 9.78 Å². The maximum atomic E-state index is 11.4. The average Bonchev–Trinajstić information content (AvgIpc) is 2.81. The summed E-state index contributed by atoms with van der Waals surface area (Å²) in [4.78, 5) is 20.7. The molecule has 1 aliphatic rings. The molecule has 1 aromatic heterocycles. The Labute approximate surface area is 118 Å². The highest BCUT2D eigenvalue weighted by Crippen LogP contribution is 2.37. The van der Waals surface area contributed by atoms with Gasteiger partial charge in [0.25, 0.3) is 0 Å². The number of aromatic nitrogens is 1. The van der Waals surface area contributed by atoms with Crippen LogP contribution in [0.3, 0.4) is 0 Å². The average molecular weight is 283 g/mol. The van der Waals surface area contributed by atoms with Crippen molar-refractivity contribution in [3.8, 4) is 0 Å². The zero-order valence-corrected chi connectivity index (χ0v) is 12.8. The monoisotopic (exact) mass is 283 g/mol. The Bertz CT molecular complexity index is 454. The lowest BCUT2D eigenvalue weighted by Gasteiger charge is -2.49. The highest BCUT2D eigenvalue weighted by atomic mass is 32.1. The Hall–Kier alpha value is -1.14. The minimum atomic E-state index is -0.317. The SMILES string of the molecule is COC(=O)c1cnc(N(C)CC2(N(C)C)CCC2)s1. The molecule has 0 atom stereocenters. The van der Waals surface area contributed by atoms with Gasteiger partial charge in [-0.3, -0.25) is 0 Å². The molecule has 0 unspecified atom stereocenters. The van der Waals surface area contributed by atoms with Crippen LogP contribution in [-0.2, 0) is 4.74 Å². The number of esters is 1. The highest BCUT2D eigenvalue weighted by Gasteiger charge is 2.40. The van der Waals surface area contributed by atoms with Crippen LogP contribution in [0.4, 0.5) is 5.13 Å². The van der Waals surface area contributed by atoms with Crippen LogP contribution in [0.1, 0.15) is 28.9 Å². The molecule has 1 heterocycles. The summed E-state index contributed by atoms with van der Waals surface area (Å²) in [7, 11) is 7.69. The van der Waals surface area contributed by atoms with E-state index >= 15 is 0 Å². The molecule has 0 spiro atoms. The zero-order valence-electron chi connectivity index (χ0n) is 12.0. The normalized spacial score (nSPS) is 17.1. The van der Waals surface area contributed by atoms with Gasteiger partial charge in [-0.1, -0.05) is 11.3 Å². The fourth-order valence-electron chi connectivity index (χ4n) is 2.48. The molecule has 0 bridgehead atoms. The van der Waals surface area contributed by atoms with E-state index in [0.29, 0.717) is 4.88 Å². The summed E-state index contributed by atoms with van der Waals surface area (Å²) < 4.78 is 4.71. The summed E-state index contributed by atoms with van der Waals surface area (Å²) in [6.45, 7) is 0.939. The third kappa shape index (κ3) is 2.74. The van der Waals surface area contributed by atoms with Gasteiger partial charge in [0.2, 0.25) is 0 Å². The third-order valence-electron chi connectivity index (χ3n) is 3.97. The molecule has 0 aromatic carbocycles. The van der Waals surface area contributed by atoms with Gasteiger partial charge in [-0.05, 0) is 33.4 Å². The number of hydrogen-bond donors (Lipinski definition) is 0. The largest absolute Gasteiger partial charge is 0.465 e. The van der Waals surface area contributed by atoms with E-state index in [0.717, 1.165) is 11.7 Å². The van der Waals surface area contributed by atoms with Crippen molar-refractivity contribution in [3.63, 3.8) is 0 Å². The van der Waals surface area contributed by atoms with Crippen molar-refractivity contribution in [3.05, 3.63) is 11.1 Å². The van der Waals surface area contributed by atoms with E-state index in [9.17, 15) is 4.79 Å². The molecule has 0 radical (unpaired) electrons. The Balaban J connectivity index is 2.05. The molecule has 2 rings (SSSR count). The summed E-state index contributed by atoms with van der Waals surface area (Å²) in [5, 5.41) is 0.869. The van der Waals surface area contributed by atoms with Crippen molar-refractivity contribution in [2.75, 3.05) is 39.7 Å². The number of thiazole rings is 1. The van der Waals surface area contributed by atoms with Crippen molar-refractivity contribution in [2.24, 2.45) is 0 Å². The number of likely N-dealkylation sites (N-methyl/N-ethyl adjacent to an activating group) is 2. The van der Waals surface area contributed by atoms with Gasteiger partial charge < -0.3 is 14.5 Å². The van der Waals surface area contributed by atoms with E-state index in [1.165, 1.54) is 37.7 Å². The van der Waals surface area contributed by atoms with Crippen LogP contribution in [-0.4, -0.2) is 56.2 Å². The Morgan fingerprint density at radius 1 is 1.47 bits per heavy atom. The minimum absolute atomic E-state index is 0.256. The number of carbonyl (C=O) groups excluding carboxylic acids is 1. The first-order valence-electron chi connectivity index (χ1n) is 6.41. The summed E-state index contributed by atoms with van der Waals surface area (Å²) in [5.41, 5.74) is 0.256. The van der Waals surface area contributed by atoms with Gasteiger partial charge in [-0.15, -0.1) is 0 Å². The molecule has 1 fully saturated rings. The van der Waals surface area contributed by atoms with Crippen LogP contribution >= 0.6 is 11.3 Å². The fraction of sp³-hybridized carbons (Fsp3) is 0.692. The molecular formula is C13H21N3O2S. The standard InChI is InChI=1S/C13H21N3O2S/c1-15(2)13(6-5-7-13)9-16(3)12-14-8-10(19-12)11(17)18-4/h8H,5-7,9H2,1-4H3. The van der Waals surface area contributed by atoms with Crippen LogP contribution in [0, 0.1) is 0 Å². The van der Waals surface area contributed by atoms with Crippen molar-refractivity contribution in [1.82, 2.24) is 9.88 Å². The lowest BCUT2D eigenvalue weighted by atomic mass is 9.75. The van der Waals surface area contributed by atoms with Gasteiger partial charge in [-0.2, -0.15) is 0 Å². The molecule has 0 N–H and O–H groups in total. The highest BCUT2D eigenvalue weighted by molar-refractivity contribution is 7.17. The maximum Gasteiger partial charge on any atom is 0.349 e. The van der Waals surface area contributed by atoms with Gasteiger partial charge in [0.05, 0.1) is 13.3 Å². The Kier molecular flexibility index (Phi) is 4.10. The molecule has 0 aliphatic heterocycles. The van der Waals surface area contributed by atoms with Crippen molar-refractivity contribution >= 4 is 22.4 Å². The van der Waals surface area contributed by atoms with E-state index in [-0.39, 0.29) is 11.5 Å². The van der Waals surface area contributed by atoms with E-state index in [1.54, 1.807) is 6.20 Å².